The van der Waals surface area contributed by atoms with Crippen molar-refractivity contribution in [2.24, 2.45) is 0 Å². The van der Waals surface area contributed by atoms with Crippen LogP contribution in [0.1, 0.15) is 12.5 Å². The predicted molar refractivity (Wildman–Crippen MR) is 82.6 cm³/mol. The summed E-state index contributed by atoms with van der Waals surface area (Å²) < 4.78 is 0. The lowest BCUT2D eigenvalue weighted by Crippen LogP contribution is -2.42. The summed E-state index contributed by atoms with van der Waals surface area (Å²) in [6, 6.07) is 8.48. The Hall–Kier alpha value is -2.50. The third-order valence-corrected chi connectivity index (χ3v) is 3.77. The fraction of sp³-hybridized carbons (Fsp3) is 0.333. The Morgan fingerprint density at radius 2 is 2.33 bits per heavy atom. The van der Waals surface area contributed by atoms with Crippen molar-refractivity contribution in [1.82, 2.24) is 15.5 Å². The van der Waals surface area contributed by atoms with E-state index in [0.29, 0.717) is 12.2 Å². The first-order valence-corrected chi connectivity index (χ1v) is 7.12. The van der Waals surface area contributed by atoms with E-state index in [-0.39, 0.29) is 12.1 Å². The lowest BCUT2D eigenvalue weighted by Gasteiger charge is -2.27. The number of aromatic amines is 1. The van der Waals surface area contributed by atoms with Crippen LogP contribution in [0.3, 0.4) is 0 Å². The highest BCUT2D eigenvalue weighted by atomic mass is 16.2. The molecule has 0 fully saturated rings. The van der Waals surface area contributed by atoms with Gasteiger partial charge in [0.05, 0.1) is 11.9 Å². The molecule has 1 aromatic carbocycles. The fourth-order valence-corrected chi connectivity index (χ4v) is 2.67. The molecule has 1 aliphatic heterocycles. The molecule has 110 valence electrons. The first-order valence-electron chi connectivity index (χ1n) is 7.12. The number of anilines is 2. The number of H-pyrrole nitrogens is 1. The number of para-hydroxylation sites is 1. The second-order valence-electron chi connectivity index (χ2n) is 5.24. The highest BCUT2D eigenvalue weighted by Crippen LogP contribution is 2.28. The number of nitrogens with one attached hydrogen (secondary N) is 3. The van der Waals surface area contributed by atoms with Crippen LogP contribution >= 0.6 is 0 Å². The molecular formula is C15H19N5O. The molecule has 2 heterocycles. The first kappa shape index (κ1) is 13.5. The van der Waals surface area contributed by atoms with E-state index in [1.165, 1.54) is 11.3 Å². The van der Waals surface area contributed by atoms with E-state index in [2.05, 4.69) is 56.9 Å². The Kier molecular flexibility index (Phi) is 3.77. The van der Waals surface area contributed by atoms with Crippen LogP contribution in [-0.2, 0) is 6.42 Å². The first-order chi connectivity index (χ1) is 10.2. The number of benzene rings is 1. The van der Waals surface area contributed by atoms with Gasteiger partial charge in [-0.2, -0.15) is 5.10 Å². The third kappa shape index (κ3) is 2.99. The van der Waals surface area contributed by atoms with E-state index in [1.807, 2.05) is 0 Å². The van der Waals surface area contributed by atoms with Crippen LogP contribution in [0.2, 0.25) is 0 Å². The number of hydrogen-bond acceptors (Lipinski definition) is 3. The normalized spacial score (nSPS) is 14.6. The van der Waals surface area contributed by atoms with E-state index < -0.39 is 0 Å². The third-order valence-electron chi connectivity index (χ3n) is 3.77. The Bertz CT molecular complexity index is 610. The molecule has 1 unspecified atom stereocenters. The molecule has 3 rings (SSSR count). The second-order valence-corrected chi connectivity index (χ2v) is 5.24. The minimum Gasteiger partial charge on any atom is -0.366 e. The van der Waals surface area contributed by atoms with Crippen molar-refractivity contribution in [3.05, 3.63) is 42.2 Å². The van der Waals surface area contributed by atoms with Gasteiger partial charge >= 0.3 is 6.03 Å². The van der Waals surface area contributed by atoms with Gasteiger partial charge in [0.1, 0.15) is 0 Å². The summed E-state index contributed by atoms with van der Waals surface area (Å²) in [6.07, 6.45) is 4.28. The van der Waals surface area contributed by atoms with Gasteiger partial charge in [0.25, 0.3) is 0 Å². The lowest BCUT2D eigenvalue weighted by atomic mass is 10.2. The van der Waals surface area contributed by atoms with E-state index in [0.717, 1.165) is 13.0 Å². The molecule has 0 spiro atoms. The van der Waals surface area contributed by atoms with E-state index in [1.54, 1.807) is 12.4 Å². The number of amides is 2. The monoisotopic (exact) mass is 285 g/mol. The van der Waals surface area contributed by atoms with Crippen LogP contribution in [0.5, 0.6) is 0 Å². The molecule has 0 aliphatic carbocycles. The van der Waals surface area contributed by atoms with E-state index in [9.17, 15) is 4.79 Å². The molecule has 1 aliphatic rings. The molecule has 0 saturated heterocycles. The topological polar surface area (TPSA) is 73.0 Å². The summed E-state index contributed by atoms with van der Waals surface area (Å²) in [6.45, 7) is 3.73. The van der Waals surface area contributed by atoms with Crippen molar-refractivity contribution in [3.63, 3.8) is 0 Å². The number of aromatic nitrogens is 2. The number of hydrogen-bond donors (Lipinski definition) is 3. The van der Waals surface area contributed by atoms with Gasteiger partial charge in [-0.25, -0.2) is 4.79 Å². The van der Waals surface area contributed by atoms with Gasteiger partial charge in [0, 0.05) is 31.0 Å². The maximum atomic E-state index is 11.8. The van der Waals surface area contributed by atoms with Gasteiger partial charge in [-0.3, -0.25) is 5.10 Å². The average molecular weight is 285 g/mol. The molecule has 21 heavy (non-hydrogen) atoms. The molecule has 6 heteroatoms. The second kappa shape index (κ2) is 5.87. The maximum absolute atomic E-state index is 11.8. The van der Waals surface area contributed by atoms with Crippen LogP contribution in [0.4, 0.5) is 16.2 Å². The molecule has 2 amide bonds. The standard InChI is InChI=1S/C15H19N5O/c1-11(8-16-15(21)19-13-9-17-18-10-13)20-7-6-12-4-2-3-5-14(12)20/h2-5,9-11H,6-8H2,1H3,(H,17,18)(H2,16,19,21). The molecule has 0 bridgehead atoms. The molecule has 0 saturated carbocycles. The zero-order valence-corrected chi connectivity index (χ0v) is 12.0. The summed E-state index contributed by atoms with van der Waals surface area (Å²) >= 11 is 0. The molecule has 1 atom stereocenters. The predicted octanol–water partition coefficient (Wildman–Crippen LogP) is 1.98. The number of urea groups is 1. The van der Waals surface area contributed by atoms with Crippen LogP contribution in [-0.4, -0.2) is 35.4 Å². The molecule has 2 aromatic rings. The quantitative estimate of drug-likeness (QED) is 0.804. The Balaban J connectivity index is 1.53. The van der Waals surface area contributed by atoms with Gasteiger partial charge in [0.2, 0.25) is 0 Å². The van der Waals surface area contributed by atoms with Crippen molar-refractivity contribution < 1.29 is 4.79 Å². The largest absolute Gasteiger partial charge is 0.366 e. The van der Waals surface area contributed by atoms with E-state index in [4.69, 9.17) is 0 Å². The number of nitrogens with zero attached hydrogens (tertiary/aromatic N) is 2. The van der Waals surface area contributed by atoms with Crippen LogP contribution < -0.4 is 15.5 Å². The van der Waals surface area contributed by atoms with Gasteiger partial charge in [0.15, 0.2) is 0 Å². The minimum absolute atomic E-state index is 0.212. The summed E-state index contributed by atoms with van der Waals surface area (Å²) in [4.78, 5) is 14.1. The van der Waals surface area contributed by atoms with Crippen molar-refractivity contribution in [1.29, 1.82) is 0 Å². The summed E-state index contributed by atoms with van der Waals surface area (Å²) in [5, 5.41) is 12.1. The highest BCUT2D eigenvalue weighted by molar-refractivity contribution is 5.88. The minimum atomic E-state index is -0.212. The average Bonchev–Trinajstić information content (AvgIpc) is 3.13. The molecule has 1 aromatic heterocycles. The number of fused-ring (bicyclic) bond motifs is 1. The Labute approximate surface area is 123 Å². The molecular weight excluding hydrogens is 266 g/mol. The van der Waals surface area contributed by atoms with Crippen LogP contribution in [0.15, 0.2) is 36.7 Å². The zero-order valence-electron chi connectivity index (χ0n) is 12.0. The van der Waals surface area contributed by atoms with Crippen molar-refractivity contribution in [2.45, 2.75) is 19.4 Å². The van der Waals surface area contributed by atoms with Crippen molar-refractivity contribution in [3.8, 4) is 0 Å². The van der Waals surface area contributed by atoms with E-state index >= 15 is 0 Å². The number of rotatable bonds is 4. The highest BCUT2D eigenvalue weighted by Gasteiger charge is 2.22. The number of carbonyl (C=O) groups excluding carboxylic acids is 1. The van der Waals surface area contributed by atoms with Crippen molar-refractivity contribution in [2.75, 3.05) is 23.3 Å². The fourth-order valence-electron chi connectivity index (χ4n) is 2.67. The van der Waals surface area contributed by atoms with Gasteiger partial charge in [-0.1, -0.05) is 18.2 Å². The Morgan fingerprint density at radius 1 is 1.48 bits per heavy atom. The molecule has 0 radical (unpaired) electrons. The Morgan fingerprint density at radius 3 is 3.14 bits per heavy atom. The van der Waals surface area contributed by atoms with Crippen LogP contribution in [0.25, 0.3) is 0 Å². The smallest absolute Gasteiger partial charge is 0.319 e. The maximum Gasteiger partial charge on any atom is 0.319 e. The summed E-state index contributed by atoms with van der Waals surface area (Å²) in [7, 11) is 0. The van der Waals surface area contributed by atoms with Gasteiger partial charge < -0.3 is 15.5 Å². The summed E-state index contributed by atoms with van der Waals surface area (Å²) in [5.74, 6) is 0. The SMILES string of the molecule is CC(CNC(=O)Nc1cn[nH]c1)N1CCc2ccccc21. The number of carbonyl (C=O) groups is 1. The lowest BCUT2D eigenvalue weighted by molar-refractivity contribution is 0.251. The van der Waals surface area contributed by atoms with Gasteiger partial charge in [-0.15, -0.1) is 0 Å². The summed E-state index contributed by atoms with van der Waals surface area (Å²) in [5.41, 5.74) is 3.32. The van der Waals surface area contributed by atoms with Crippen LogP contribution in [0, 0.1) is 0 Å². The molecule has 6 nitrogen and oxygen atoms in total. The van der Waals surface area contributed by atoms with Crippen molar-refractivity contribution >= 4 is 17.4 Å². The zero-order chi connectivity index (χ0) is 14.7. The molecule has 3 N–H and O–H groups in total. The van der Waals surface area contributed by atoms with Gasteiger partial charge in [-0.05, 0) is 25.0 Å².